The van der Waals surface area contributed by atoms with Crippen LogP contribution < -0.4 is 10.2 Å². The maximum Gasteiger partial charge on any atom is 0.327 e. The number of carbonyl (C=O) groups excluding carboxylic acids is 1. The van der Waals surface area contributed by atoms with Crippen molar-refractivity contribution >= 4 is 23.6 Å². The van der Waals surface area contributed by atoms with E-state index in [-0.39, 0.29) is 6.42 Å². The first kappa shape index (κ1) is 16.3. The average Bonchev–Trinajstić information content (AvgIpc) is 2.45. The molecule has 1 amide bonds. The highest BCUT2D eigenvalue weighted by Gasteiger charge is 2.17. The molecule has 0 radical (unpaired) electrons. The lowest BCUT2D eigenvalue weighted by molar-refractivity contribution is -0.141. The third kappa shape index (κ3) is 5.41. The lowest BCUT2D eigenvalue weighted by Gasteiger charge is -2.12. The summed E-state index contributed by atoms with van der Waals surface area (Å²) in [7, 11) is 3.88. The molecule has 5 nitrogen and oxygen atoms in total. The van der Waals surface area contributed by atoms with E-state index >= 15 is 0 Å². The number of carboxylic acids is 1. The van der Waals surface area contributed by atoms with Crippen LogP contribution in [0.5, 0.6) is 0 Å². The van der Waals surface area contributed by atoms with Crippen LogP contribution in [0.3, 0.4) is 0 Å². The van der Waals surface area contributed by atoms with Gasteiger partial charge in [0.25, 0.3) is 0 Å². The Bertz CT molecular complexity index is 568. The fourth-order valence-electron chi connectivity index (χ4n) is 1.59. The summed E-state index contributed by atoms with van der Waals surface area (Å²) in [5, 5.41) is 11.2. The van der Waals surface area contributed by atoms with Crippen molar-refractivity contribution < 1.29 is 14.7 Å². The Balaban J connectivity index is 2.65. The average molecular weight is 286 g/mol. The summed E-state index contributed by atoms with van der Waals surface area (Å²) in [6.45, 7) is 0. The molecule has 0 fully saturated rings. The van der Waals surface area contributed by atoms with Gasteiger partial charge in [-0.15, -0.1) is 12.3 Å². The molecule has 0 heterocycles. The van der Waals surface area contributed by atoms with E-state index in [1.807, 2.05) is 43.3 Å². The maximum absolute atomic E-state index is 11.6. The minimum Gasteiger partial charge on any atom is -0.480 e. The van der Waals surface area contributed by atoms with Crippen molar-refractivity contribution in [2.24, 2.45) is 0 Å². The van der Waals surface area contributed by atoms with E-state index in [9.17, 15) is 9.59 Å². The van der Waals surface area contributed by atoms with Crippen LogP contribution in [0.2, 0.25) is 0 Å². The van der Waals surface area contributed by atoms with Crippen molar-refractivity contribution in [3.63, 3.8) is 0 Å². The first-order valence-corrected chi connectivity index (χ1v) is 6.36. The number of aliphatic carboxylic acids is 1. The van der Waals surface area contributed by atoms with E-state index in [4.69, 9.17) is 11.5 Å². The molecule has 0 aliphatic carbocycles. The number of terminal acetylenes is 1. The molecule has 0 spiro atoms. The Kier molecular flexibility index (Phi) is 6.02. The van der Waals surface area contributed by atoms with E-state index < -0.39 is 17.9 Å². The van der Waals surface area contributed by atoms with Gasteiger partial charge in [0.1, 0.15) is 6.04 Å². The topological polar surface area (TPSA) is 69.6 Å². The molecule has 0 saturated heterocycles. The van der Waals surface area contributed by atoms with Gasteiger partial charge in [0.2, 0.25) is 5.91 Å². The largest absolute Gasteiger partial charge is 0.480 e. The molecule has 0 saturated carbocycles. The van der Waals surface area contributed by atoms with Gasteiger partial charge >= 0.3 is 5.97 Å². The zero-order chi connectivity index (χ0) is 15.8. The second kappa shape index (κ2) is 7.75. The molecular formula is C16H18N2O3. The van der Waals surface area contributed by atoms with Crippen molar-refractivity contribution in [2.75, 3.05) is 19.0 Å². The van der Waals surface area contributed by atoms with Crippen LogP contribution in [0.25, 0.3) is 6.08 Å². The highest BCUT2D eigenvalue weighted by atomic mass is 16.4. The molecule has 21 heavy (non-hydrogen) atoms. The van der Waals surface area contributed by atoms with Crippen LogP contribution in [0.1, 0.15) is 12.0 Å². The van der Waals surface area contributed by atoms with E-state index in [1.165, 1.54) is 6.08 Å². The molecule has 1 unspecified atom stereocenters. The summed E-state index contributed by atoms with van der Waals surface area (Å²) < 4.78 is 0. The second-order valence-electron chi connectivity index (χ2n) is 4.63. The van der Waals surface area contributed by atoms with Gasteiger partial charge in [-0.1, -0.05) is 12.1 Å². The highest BCUT2D eigenvalue weighted by Crippen LogP contribution is 2.13. The predicted octanol–water partition coefficient (Wildman–Crippen LogP) is 1.36. The number of carbonyl (C=O) groups is 2. The van der Waals surface area contributed by atoms with Crippen LogP contribution in [-0.4, -0.2) is 37.1 Å². The Morgan fingerprint density at radius 1 is 1.38 bits per heavy atom. The molecule has 5 heteroatoms. The third-order valence-electron chi connectivity index (χ3n) is 2.77. The number of carboxylic acid groups (broad SMARTS) is 1. The van der Waals surface area contributed by atoms with Crippen LogP contribution in [0.15, 0.2) is 30.3 Å². The van der Waals surface area contributed by atoms with E-state index in [0.29, 0.717) is 0 Å². The summed E-state index contributed by atoms with van der Waals surface area (Å²) in [5.74, 6) is 0.581. The van der Waals surface area contributed by atoms with Gasteiger partial charge in [-0.3, -0.25) is 4.79 Å². The summed E-state index contributed by atoms with van der Waals surface area (Å²) in [6.07, 6.45) is 7.91. The molecule has 1 atom stereocenters. The summed E-state index contributed by atoms with van der Waals surface area (Å²) in [4.78, 5) is 24.5. The number of amides is 1. The molecule has 0 aromatic heterocycles. The van der Waals surface area contributed by atoms with Crippen LogP contribution in [0.4, 0.5) is 5.69 Å². The van der Waals surface area contributed by atoms with Crippen molar-refractivity contribution in [3.8, 4) is 12.3 Å². The first-order valence-electron chi connectivity index (χ1n) is 6.36. The number of nitrogens with one attached hydrogen (secondary N) is 1. The predicted molar refractivity (Wildman–Crippen MR) is 82.8 cm³/mol. The SMILES string of the molecule is C#CCC(NC(=O)/C=C/c1ccc(N(C)C)cc1)C(=O)O. The van der Waals surface area contributed by atoms with Crippen LogP contribution >= 0.6 is 0 Å². The third-order valence-corrected chi connectivity index (χ3v) is 2.77. The van der Waals surface area contributed by atoms with Crippen molar-refractivity contribution in [3.05, 3.63) is 35.9 Å². The zero-order valence-corrected chi connectivity index (χ0v) is 12.0. The fourth-order valence-corrected chi connectivity index (χ4v) is 1.59. The molecule has 0 aliphatic rings. The Morgan fingerprint density at radius 3 is 2.48 bits per heavy atom. The zero-order valence-electron chi connectivity index (χ0n) is 12.0. The van der Waals surface area contributed by atoms with Crippen LogP contribution in [-0.2, 0) is 9.59 Å². The van der Waals surface area contributed by atoms with E-state index in [2.05, 4.69) is 11.2 Å². The van der Waals surface area contributed by atoms with E-state index in [0.717, 1.165) is 11.3 Å². The van der Waals surface area contributed by atoms with Gasteiger partial charge in [0.05, 0.1) is 0 Å². The van der Waals surface area contributed by atoms with Crippen LogP contribution in [0, 0.1) is 12.3 Å². The number of hydrogen-bond donors (Lipinski definition) is 2. The Morgan fingerprint density at radius 2 is 2.00 bits per heavy atom. The Labute approximate surface area is 124 Å². The standard InChI is InChI=1S/C16H18N2O3/c1-4-5-14(16(20)21)17-15(19)11-8-12-6-9-13(10-7-12)18(2)3/h1,6-11,14H,5H2,2-3H3,(H,17,19)(H,20,21)/b11-8+. The number of hydrogen-bond acceptors (Lipinski definition) is 3. The van der Waals surface area contributed by atoms with Gasteiger partial charge in [-0.05, 0) is 23.8 Å². The summed E-state index contributed by atoms with van der Waals surface area (Å²) >= 11 is 0. The fraction of sp³-hybridized carbons (Fsp3) is 0.250. The molecule has 1 aromatic rings. The maximum atomic E-state index is 11.6. The monoisotopic (exact) mass is 286 g/mol. The lowest BCUT2D eigenvalue weighted by atomic mass is 10.1. The molecule has 1 rings (SSSR count). The Hall–Kier alpha value is -2.74. The first-order chi connectivity index (χ1) is 9.93. The van der Waals surface area contributed by atoms with Gasteiger partial charge in [0.15, 0.2) is 0 Å². The normalized spacial score (nSPS) is 11.7. The van der Waals surface area contributed by atoms with Gasteiger partial charge in [0, 0.05) is 32.3 Å². The quantitative estimate of drug-likeness (QED) is 0.612. The minimum atomic E-state index is -1.15. The number of rotatable bonds is 6. The smallest absolute Gasteiger partial charge is 0.327 e. The number of nitrogens with zero attached hydrogens (tertiary/aromatic N) is 1. The molecule has 1 aromatic carbocycles. The highest BCUT2D eigenvalue weighted by molar-refractivity contribution is 5.94. The molecule has 0 aliphatic heterocycles. The van der Waals surface area contributed by atoms with Crippen molar-refractivity contribution in [1.29, 1.82) is 0 Å². The minimum absolute atomic E-state index is 0.0492. The molecule has 0 bridgehead atoms. The molecule has 110 valence electrons. The van der Waals surface area contributed by atoms with Crippen molar-refractivity contribution in [1.82, 2.24) is 5.32 Å². The molecular weight excluding hydrogens is 268 g/mol. The molecule has 2 N–H and O–H groups in total. The lowest BCUT2D eigenvalue weighted by Crippen LogP contribution is -2.39. The van der Waals surface area contributed by atoms with Crippen molar-refractivity contribution in [2.45, 2.75) is 12.5 Å². The van der Waals surface area contributed by atoms with E-state index in [1.54, 1.807) is 6.08 Å². The van der Waals surface area contributed by atoms with Gasteiger partial charge in [-0.25, -0.2) is 4.79 Å². The number of benzene rings is 1. The summed E-state index contributed by atoms with van der Waals surface area (Å²) in [5.41, 5.74) is 1.90. The summed E-state index contributed by atoms with van der Waals surface area (Å²) in [6, 6.07) is 6.53. The second-order valence-corrected chi connectivity index (χ2v) is 4.63. The van der Waals surface area contributed by atoms with Gasteiger partial charge in [-0.2, -0.15) is 0 Å². The number of anilines is 1. The van der Waals surface area contributed by atoms with Gasteiger partial charge < -0.3 is 15.3 Å².